The Hall–Kier alpha value is -4.85. The number of alkyl carbamates (subject to hydrolysis) is 1. The Morgan fingerprint density at radius 3 is 2.34 bits per heavy atom. The van der Waals surface area contributed by atoms with Gasteiger partial charge in [-0.15, -0.1) is 0 Å². The molecule has 0 saturated carbocycles. The summed E-state index contributed by atoms with van der Waals surface area (Å²) >= 11 is 0. The number of amides is 4. The Labute approximate surface area is 294 Å². The first-order chi connectivity index (χ1) is 23.4. The highest BCUT2D eigenvalue weighted by Gasteiger charge is 2.34. The molecule has 0 radical (unpaired) electrons. The molecule has 14 nitrogen and oxygen atoms in total. The van der Waals surface area contributed by atoms with Gasteiger partial charge in [0.25, 0.3) is 0 Å². The fraction of sp³-hybridized carbons (Fsp3) is 0.528. The van der Waals surface area contributed by atoms with E-state index in [9.17, 15) is 24.0 Å². The van der Waals surface area contributed by atoms with Crippen molar-refractivity contribution in [3.8, 4) is 5.75 Å². The van der Waals surface area contributed by atoms with Crippen LogP contribution in [0.25, 0.3) is 5.57 Å². The number of benzene rings is 1. The van der Waals surface area contributed by atoms with Crippen molar-refractivity contribution in [1.29, 1.82) is 0 Å². The van der Waals surface area contributed by atoms with Crippen LogP contribution in [0.5, 0.6) is 5.75 Å². The number of rotatable bonds is 10. The van der Waals surface area contributed by atoms with Gasteiger partial charge in [-0.05, 0) is 84.1 Å². The summed E-state index contributed by atoms with van der Waals surface area (Å²) in [7, 11) is 5.65. The SMILES string of the molecule is C=C1/C(OC)=C\C=C(/C)C[C@@H](C(=O)OC)NC(=O)[C@H](C)NC(=O)[C@@H](N(C)C(=O)[C@@H](N)CCCCNC(=O)OC(C)(C)C)c2ccc(OC)c1c2. The summed E-state index contributed by atoms with van der Waals surface area (Å²) < 4.78 is 21.4. The van der Waals surface area contributed by atoms with E-state index in [1.54, 1.807) is 58.0 Å². The summed E-state index contributed by atoms with van der Waals surface area (Å²) in [4.78, 5) is 66.7. The molecule has 276 valence electrons. The second kappa shape index (κ2) is 18.8. The van der Waals surface area contributed by atoms with Gasteiger partial charge in [-0.3, -0.25) is 14.4 Å². The fourth-order valence-corrected chi connectivity index (χ4v) is 5.21. The maximum atomic E-state index is 14.0. The van der Waals surface area contributed by atoms with Crippen LogP contribution >= 0.6 is 0 Å². The molecule has 0 aromatic heterocycles. The van der Waals surface area contributed by atoms with Crippen molar-refractivity contribution in [3.05, 3.63) is 59.4 Å². The normalized spacial score (nSPS) is 21.6. The maximum absolute atomic E-state index is 14.0. The molecule has 0 spiro atoms. The molecule has 2 bridgehead atoms. The largest absolute Gasteiger partial charge is 0.496 e. The van der Waals surface area contributed by atoms with Crippen LogP contribution in [-0.2, 0) is 33.4 Å². The number of carbonyl (C=O) groups excluding carboxylic acids is 5. The number of allylic oxidation sites excluding steroid dienone is 3. The van der Waals surface area contributed by atoms with E-state index in [0.717, 1.165) is 5.57 Å². The number of fused-ring (bicyclic) bond motifs is 2. The van der Waals surface area contributed by atoms with Crippen molar-refractivity contribution >= 4 is 35.4 Å². The van der Waals surface area contributed by atoms with Crippen LogP contribution in [-0.4, -0.2) is 93.3 Å². The first kappa shape index (κ1) is 41.3. The minimum atomic E-state index is -1.24. The number of methoxy groups -OCH3 is 3. The predicted octanol–water partition coefficient (Wildman–Crippen LogP) is 3.27. The maximum Gasteiger partial charge on any atom is 0.407 e. The van der Waals surface area contributed by atoms with E-state index >= 15 is 0 Å². The van der Waals surface area contributed by atoms with Gasteiger partial charge in [0, 0.05) is 24.7 Å². The molecule has 50 heavy (non-hydrogen) atoms. The van der Waals surface area contributed by atoms with Gasteiger partial charge in [0.2, 0.25) is 17.7 Å². The molecule has 1 aliphatic rings. The number of hydrogen-bond donors (Lipinski definition) is 4. The summed E-state index contributed by atoms with van der Waals surface area (Å²) in [5, 5.41) is 8.01. The number of nitrogens with zero attached hydrogens (tertiary/aromatic N) is 1. The van der Waals surface area contributed by atoms with Crippen LogP contribution in [0.3, 0.4) is 0 Å². The average molecular weight is 700 g/mol. The summed E-state index contributed by atoms with van der Waals surface area (Å²) in [6.07, 6.45) is 4.33. The minimum absolute atomic E-state index is 0.118. The van der Waals surface area contributed by atoms with Gasteiger partial charge in [-0.1, -0.05) is 24.3 Å². The first-order valence-electron chi connectivity index (χ1n) is 16.4. The highest BCUT2D eigenvalue weighted by atomic mass is 16.6. The third-order valence-electron chi connectivity index (χ3n) is 7.89. The molecule has 1 aliphatic heterocycles. The number of nitrogens with two attached hydrogens (primary N) is 1. The lowest BCUT2D eigenvalue weighted by Crippen LogP contribution is -2.54. The lowest BCUT2D eigenvalue weighted by molar-refractivity contribution is -0.145. The lowest BCUT2D eigenvalue weighted by Gasteiger charge is -2.31. The third-order valence-corrected chi connectivity index (χ3v) is 7.89. The zero-order chi connectivity index (χ0) is 37.8. The topological polar surface area (TPSA) is 188 Å². The number of hydrogen-bond acceptors (Lipinski definition) is 10. The molecule has 2 rings (SSSR count). The van der Waals surface area contributed by atoms with Crippen molar-refractivity contribution in [1.82, 2.24) is 20.9 Å². The van der Waals surface area contributed by atoms with Gasteiger partial charge >= 0.3 is 12.1 Å². The standard InChI is InChI=1S/C36H53N5O9/c1-21-14-16-28(47-8)22(2)25-20-24(15-17-29(25)48-9)30(32(43)39-23(3)31(42)40-27(19-21)34(45)49-10)41(7)33(44)26(37)13-11-12-18-38-35(46)50-36(4,5)6/h14-17,20,23,26-27,30H,2,11-13,18-19,37H2,1,3-10H3,(H,38,46)(H,39,43)(H,40,42)/b21-14+,28-16+/t23-,26-,27-,30-/m0/s1. The molecule has 5 N–H and O–H groups in total. The molecular formula is C36H53N5O9. The molecule has 1 aromatic carbocycles. The molecule has 1 heterocycles. The number of nitrogens with one attached hydrogen (secondary N) is 3. The van der Waals surface area contributed by atoms with Crippen molar-refractivity contribution < 1.29 is 42.9 Å². The molecule has 0 saturated heterocycles. The molecule has 1 aromatic rings. The van der Waals surface area contributed by atoms with Crippen LogP contribution in [0.15, 0.2) is 48.3 Å². The Morgan fingerprint density at radius 2 is 1.74 bits per heavy atom. The Balaban J connectivity index is 2.48. The van der Waals surface area contributed by atoms with Gasteiger partial charge in [0.15, 0.2) is 0 Å². The summed E-state index contributed by atoms with van der Waals surface area (Å²) in [5.41, 5.74) is 7.75. The van der Waals surface area contributed by atoms with E-state index in [-0.39, 0.29) is 12.8 Å². The number of carbonyl (C=O) groups is 5. The zero-order valence-electron chi connectivity index (χ0n) is 30.6. The minimum Gasteiger partial charge on any atom is -0.496 e. The number of likely N-dealkylation sites (N-methyl/N-ethyl adjacent to an activating group) is 1. The molecular weight excluding hydrogens is 646 g/mol. The average Bonchev–Trinajstić information content (AvgIpc) is 3.05. The fourth-order valence-electron chi connectivity index (χ4n) is 5.21. The number of ether oxygens (including phenoxy) is 4. The first-order valence-corrected chi connectivity index (χ1v) is 16.4. The third kappa shape index (κ3) is 11.9. The summed E-state index contributed by atoms with van der Waals surface area (Å²) in [5.74, 6) is -1.67. The molecule has 0 unspecified atom stereocenters. The van der Waals surface area contributed by atoms with Crippen LogP contribution in [0.2, 0.25) is 0 Å². The van der Waals surface area contributed by atoms with Crippen LogP contribution in [0.4, 0.5) is 4.79 Å². The van der Waals surface area contributed by atoms with E-state index in [1.165, 1.54) is 40.2 Å². The predicted molar refractivity (Wildman–Crippen MR) is 189 cm³/mol. The Bertz CT molecular complexity index is 1480. The van der Waals surface area contributed by atoms with E-state index in [0.29, 0.717) is 47.6 Å². The van der Waals surface area contributed by atoms with E-state index in [2.05, 4.69) is 22.5 Å². The van der Waals surface area contributed by atoms with E-state index in [1.807, 2.05) is 0 Å². The smallest absolute Gasteiger partial charge is 0.407 e. The van der Waals surface area contributed by atoms with Crippen molar-refractivity contribution in [2.24, 2.45) is 5.73 Å². The monoisotopic (exact) mass is 699 g/mol. The number of esters is 1. The van der Waals surface area contributed by atoms with Gasteiger partial charge in [0.1, 0.15) is 35.2 Å². The molecule has 0 aliphatic carbocycles. The molecule has 0 fully saturated rings. The van der Waals surface area contributed by atoms with Crippen molar-refractivity contribution in [3.63, 3.8) is 0 Å². The Morgan fingerprint density at radius 1 is 1.06 bits per heavy atom. The van der Waals surface area contributed by atoms with Crippen molar-refractivity contribution in [2.75, 3.05) is 34.9 Å². The van der Waals surface area contributed by atoms with Gasteiger partial charge < -0.3 is 45.5 Å². The highest BCUT2D eigenvalue weighted by molar-refractivity contribution is 5.95. The van der Waals surface area contributed by atoms with Gasteiger partial charge in [0.05, 0.1) is 27.4 Å². The van der Waals surface area contributed by atoms with Crippen LogP contribution < -0.4 is 26.4 Å². The Kier molecular flexibility index (Phi) is 15.5. The van der Waals surface area contributed by atoms with Crippen molar-refractivity contribution in [2.45, 2.75) is 90.1 Å². The van der Waals surface area contributed by atoms with Crippen LogP contribution in [0, 0.1) is 0 Å². The second-order valence-corrected chi connectivity index (χ2v) is 13.1. The highest BCUT2D eigenvalue weighted by Crippen LogP contribution is 2.34. The summed E-state index contributed by atoms with van der Waals surface area (Å²) in [6, 6.07) is 0.620. The lowest BCUT2D eigenvalue weighted by atomic mass is 9.95. The molecule has 14 heteroatoms. The van der Waals surface area contributed by atoms with Crippen LogP contribution in [0.1, 0.15) is 77.5 Å². The van der Waals surface area contributed by atoms with E-state index in [4.69, 9.17) is 24.7 Å². The summed E-state index contributed by atoms with van der Waals surface area (Å²) in [6.45, 7) is 13.1. The molecule has 4 amide bonds. The van der Waals surface area contributed by atoms with Gasteiger partial charge in [-0.2, -0.15) is 0 Å². The van der Waals surface area contributed by atoms with E-state index < -0.39 is 59.6 Å². The molecule has 4 atom stereocenters. The number of unbranched alkanes of at least 4 members (excludes halogenated alkanes) is 1. The van der Waals surface area contributed by atoms with Gasteiger partial charge in [-0.25, -0.2) is 9.59 Å². The zero-order valence-corrected chi connectivity index (χ0v) is 30.6. The second-order valence-electron chi connectivity index (χ2n) is 13.1. The quantitative estimate of drug-likeness (QED) is 0.209.